The summed E-state index contributed by atoms with van der Waals surface area (Å²) in [6, 6.07) is 24.2. The number of ether oxygens (including phenoxy) is 1. The van der Waals surface area contributed by atoms with Crippen LogP contribution < -0.4 is 10.2 Å². The third kappa shape index (κ3) is 5.00. The molecule has 3 aromatic rings. The molecule has 1 amide bonds. The maximum absolute atomic E-state index is 12.4. The highest BCUT2D eigenvalue weighted by atomic mass is 16.5. The molecule has 148 valence electrons. The minimum absolute atomic E-state index is 0.123. The van der Waals surface area contributed by atoms with Crippen molar-refractivity contribution >= 4 is 17.3 Å². The highest BCUT2D eigenvalue weighted by molar-refractivity contribution is 5.92. The first kappa shape index (κ1) is 19.2. The van der Waals surface area contributed by atoms with E-state index in [2.05, 4.69) is 39.5 Å². The summed E-state index contributed by atoms with van der Waals surface area (Å²) >= 11 is 0. The standard InChI is InChI=1S/C24H25N3O2/c28-24(26-17-22-12-7-15-29-22)23-14-13-21(16-25-23)27(20-10-5-2-6-11-20)18-19-8-3-1-4-9-19/h1-6,8-11,13-14,16,22H,7,12,15,17-18H2,(H,26,28). The fourth-order valence-electron chi connectivity index (χ4n) is 3.49. The molecule has 1 atom stereocenters. The number of carbonyl (C=O) groups excluding carboxylic acids is 1. The molecule has 5 heteroatoms. The van der Waals surface area contributed by atoms with Crippen LogP contribution in [0.15, 0.2) is 79.0 Å². The highest BCUT2D eigenvalue weighted by Gasteiger charge is 2.17. The summed E-state index contributed by atoms with van der Waals surface area (Å²) in [4.78, 5) is 19.0. The fraction of sp³-hybridized carbons (Fsp3) is 0.250. The number of anilines is 2. The minimum atomic E-state index is -0.165. The van der Waals surface area contributed by atoms with Crippen LogP contribution in [0.1, 0.15) is 28.9 Å². The van der Waals surface area contributed by atoms with Gasteiger partial charge < -0.3 is 15.0 Å². The number of hydrogen-bond donors (Lipinski definition) is 1. The molecule has 2 heterocycles. The van der Waals surface area contributed by atoms with Crippen LogP contribution in [0.25, 0.3) is 0 Å². The predicted octanol–water partition coefficient (Wildman–Crippen LogP) is 4.33. The molecule has 1 unspecified atom stereocenters. The monoisotopic (exact) mass is 387 g/mol. The van der Waals surface area contributed by atoms with Gasteiger partial charge in [-0.05, 0) is 42.7 Å². The number of amides is 1. The van der Waals surface area contributed by atoms with Crippen LogP contribution in [-0.4, -0.2) is 30.1 Å². The summed E-state index contributed by atoms with van der Waals surface area (Å²) in [6.07, 6.45) is 3.94. The predicted molar refractivity (Wildman–Crippen MR) is 114 cm³/mol. The molecule has 0 spiro atoms. The second kappa shape index (κ2) is 9.34. The van der Waals surface area contributed by atoms with Gasteiger partial charge in [-0.3, -0.25) is 4.79 Å². The van der Waals surface area contributed by atoms with Crippen LogP contribution >= 0.6 is 0 Å². The van der Waals surface area contributed by atoms with Crippen molar-refractivity contribution in [1.29, 1.82) is 0 Å². The Labute approximate surface area is 171 Å². The van der Waals surface area contributed by atoms with E-state index in [1.807, 2.05) is 42.5 Å². The van der Waals surface area contributed by atoms with Gasteiger partial charge >= 0.3 is 0 Å². The summed E-state index contributed by atoms with van der Waals surface area (Å²) < 4.78 is 5.55. The van der Waals surface area contributed by atoms with E-state index in [1.165, 1.54) is 5.56 Å². The number of benzene rings is 2. The molecule has 1 aromatic heterocycles. The molecule has 1 N–H and O–H groups in total. The van der Waals surface area contributed by atoms with Crippen LogP contribution in [0, 0.1) is 0 Å². The van der Waals surface area contributed by atoms with Crippen molar-refractivity contribution in [3.8, 4) is 0 Å². The van der Waals surface area contributed by atoms with Gasteiger partial charge in [0.2, 0.25) is 0 Å². The van der Waals surface area contributed by atoms with Crippen LogP contribution in [0.4, 0.5) is 11.4 Å². The SMILES string of the molecule is O=C(NCC1CCCO1)c1ccc(N(Cc2ccccc2)c2ccccc2)cn1. The van der Waals surface area contributed by atoms with Gasteiger partial charge in [-0.15, -0.1) is 0 Å². The van der Waals surface area contributed by atoms with Crippen molar-refractivity contribution in [2.45, 2.75) is 25.5 Å². The van der Waals surface area contributed by atoms with Crippen LogP contribution in [0.5, 0.6) is 0 Å². The average Bonchev–Trinajstić information content (AvgIpc) is 3.31. The maximum atomic E-state index is 12.4. The summed E-state index contributed by atoms with van der Waals surface area (Å²) in [5, 5.41) is 2.92. The fourth-order valence-corrected chi connectivity index (χ4v) is 3.49. The molecule has 5 nitrogen and oxygen atoms in total. The van der Waals surface area contributed by atoms with Gasteiger partial charge in [-0.1, -0.05) is 48.5 Å². The number of rotatable bonds is 7. The summed E-state index contributed by atoms with van der Waals surface area (Å²) in [7, 11) is 0. The average molecular weight is 387 g/mol. The Morgan fingerprint density at radius 3 is 2.41 bits per heavy atom. The molecule has 0 saturated carbocycles. The number of carbonyl (C=O) groups is 1. The van der Waals surface area contributed by atoms with E-state index in [1.54, 1.807) is 12.3 Å². The molecule has 2 aromatic carbocycles. The quantitative estimate of drug-likeness (QED) is 0.656. The van der Waals surface area contributed by atoms with Gasteiger partial charge in [0, 0.05) is 25.4 Å². The van der Waals surface area contributed by atoms with Crippen molar-refractivity contribution in [2.24, 2.45) is 0 Å². The first-order valence-corrected chi connectivity index (χ1v) is 10.0. The van der Waals surface area contributed by atoms with Gasteiger partial charge in [0.25, 0.3) is 5.91 Å². The van der Waals surface area contributed by atoms with Crippen molar-refractivity contribution < 1.29 is 9.53 Å². The van der Waals surface area contributed by atoms with E-state index in [9.17, 15) is 4.79 Å². The number of hydrogen-bond acceptors (Lipinski definition) is 4. The lowest BCUT2D eigenvalue weighted by Gasteiger charge is -2.25. The van der Waals surface area contributed by atoms with Gasteiger partial charge in [0.15, 0.2) is 0 Å². The number of nitrogens with zero attached hydrogens (tertiary/aromatic N) is 2. The van der Waals surface area contributed by atoms with E-state index in [0.29, 0.717) is 12.2 Å². The number of pyridine rings is 1. The first-order valence-electron chi connectivity index (χ1n) is 10.0. The van der Waals surface area contributed by atoms with Gasteiger partial charge in [0.1, 0.15) is 5.69 Å². The molecule has 4 rings (SSSR count). The summed E-state index contributed by atoms with van der Waals surface area (Å²) in [6.45, 7) is 2.04. The molecule has 1 aliphatic heterocycles. The Morgan fingerprint density at radius 1 is 1.00 bits per heavy atom. The van der Waals surface area contributed by atoms with Crippen molar-refractivity contribution in [1.82, 2.24) is 10.3 Å². The van der Waals surface area contributed by atoms with E-state index in [4.69, 9.17) is 4.74 Å². The topological polar surface area (TPSA) is 54.5 Å². The van der Waals surface area contributed by atoms with E-state index < -0.39 is 0 Å². The van der Waals surface area contributed by atoms with Crippen LogP contribution in [0.2, 0.25) is 0 Å². The number of para-hydroxylation sites is 1. The Balaban J connectivity index is 1.49. The molecule has 0 radical (unpaired) electrons. The largest absolute Gasteiger partial charge is 0.376 e. The third-order valence-electron chi connectivity index (χ3n) is 5.06. The van der Waals surface area contributed by atoms with E-state index >= 15 is 0 Å². The Hall–Kier alpha value is -3.18. The number of aromatic nitrogens is 1. The van der Waals surface area contributed by atoms with Crippen LogP contribution in [-0.2, 0) is 11.3 Å². The molecule has 1 saturated heterocycles. The lowest BCUT2D eigenvalue weighted by atomic mass is 10.1. The van der Waals surface area contributed by atoms with E-state index in [0.717, 1.165) is 37.4 Å². The van der Waals surface area contributed by atoms with Gasteiger partial charge in [-0.25, -0.2) is 4.98 Å². The second-order valence-corrected chi connectivity index (χ2v) is 7.15. The zero-order valence-electron chi connectivity index (χ0n) is 16.3. The van der Waals surface area contributed by atoms with E-state index in [-0.39, 0.29) is 12.0 Å². The van der Waals surface area contributed by atoms with Crippen molar-refractivity contribution in [2.75, 3.05) is 18.1 Å². The summed E-state index contributed by atoms with van der Waals surface area (Å²) in [5.41, 5.74) is 3.64. The van der Waals surface area contributed by atoms with Crippen molar-refractivity contribution in [3.05, 3.63) is 90.3 Å². The molecule has 1 aliphatic rings. The maximum Gasteiger partial charge on any atom is 0.269 e. The normalized spacial score (nSPS) is 15.8. The minimum Gasteiger partial charge on any atom is -0.376 e. The van der Waals surface area contributed by atoms with Crippen molar-refractivity contribution in [3.63, 3.8) is 0 Å². The molecular formula is C24H25N3O2. The Morgan fingerprint density at radius 2 is 1.76 bits per heavy atom. The molecule has 0 aliphatic carbocycles. The molecule has 1 fully saturated rings. The molecule has 0 bridgehead atoms. The Kier molecular flexibility index (Phi) is 6.17. The smallest absolute Gasteiger partial charge is 0.269 e. The highest BCUT2D eigenvalue weighted by Crippen LogP contribution is 2.27. The first-order chi connectivity index (χ1) is 14.3. The van der Waals surface area contributed by atoms with Gasteiger partial charge in [0.05, 0.1) is 18.0 Å². The summed E-state index contributed by atoms with van der Waals surface area (Å²) in [5.74, 6) is -0.165. The number of nitrogens with one attached hydrogen (secondary N) is 1. The molecular weight excluding hydrogens is 362 g/mol. The third-order valence-corrected chi connectivity index (χ3v) is 5.06. The lowest BCUT2D eigenvalue weighted by Crippen LogP contribution is -2.32. The molecule has 29 heavy (non-hydrogen) atoms. The lowest BCUT2D eigenvalue weighted by molar-refractivity contribution is 0.0854. The van der Waals surface area contributed by atoms with Crippen LogP contribution in [0.3, 0.4) is 0 Å². The Bertz CT molecular complexity index is 908. The zero-order chi connectivity index (χ0) is 19.9. The second-order valence-electron chi connectivity index (χ2n) is 7.15. The zero-order valence-corrected chi connectivity index (χ0v) is 16.3. The van der Waals surface area contributed by atoms with Gasteiger partial charge in [-0.2, -0.15) is 0 Å².